The van der Waals surface area contributed by atoms with Crippen molar-refractivity contribution in [3.05, 3.63) is 64.5 Å². The van der Waals surface area contributed by atoms with Gasteiger partial charge in [0.2, 0.25) is 0 Å². The van der Waals surface area contributed by atoms with E-state index in [-0.39, 0.29) is 6.04 Å². The molecular formula is C18H24N2. The molecule has 2 rings (SSSR count). The molecule has 0 aliphatic heterocycles. The Kier molecular flexibility index (Phi) is 4.56. The van der Waals surface area contributed by atoms with Gasteiger partial charge in [-0.2, -0.15) is 0 Å². The Balaban J connectivity index is 2.12. The van der Waals surface area contributed by atoms with Gasteiger partial charge in [0.05, 0.1) is 11.7 Å². The van der Waals surface area contributed by atoms with Crippen LogP contribution >= 0.6 is 0 Å². The van der Waals surface area contributed by atoms with Crippen molar-refractivity contribution in [2.45, 2.75) is 46.1 Å². The van der Waals surface area contributed by atoms with E-state index in [9.17, 15) is 0 Å². The maximum Gasteiger partial charge on any atom is 0.0603 e. The quantitative estimate of drug-likeness (QED) is 0.908. The number of rotatable bonds is 4. The van der Waals surface area contributed by atoms with Gasteiger partial charge in [-0.15, -0.1) is 0 Å². The summed E-state index contributed by atoms with van der Waals surface area (Å²) in [6.07, 6.45) is 2.72. The molecule has 1 heterocycles. The first-order valence-electron chi connectivity index (χ1n) is 7.25. The van der Waals surface area contributed by atoms with E-state index in [0.717, 1.165) is 12.1 Å². The summed E-state index contributed by atoms with van der Waals surface area (Å²) in [5.74, 6) is 0.568. The largest absolute Gasteiger partial charge is 0.322 e. The van der Waals surface area contributed by atoms with Crippen molar-refractivity contribution >= 4 is 0 Å². The van der Waals surface area contributed by atoms with Crippen LogP contribution in [0.4, 0.5) is 0 Å². The van der Waals surface area contributed by atoms with E-state index in [1.165, 1.54) is 22.3 Å². The number of aryl methyl sites for hydroxylation is 2. The van der Waals surface area contributed by atoms with Crippen molar-refractivity contribution in [3.8, 4) is 0 Å². The molecule has 20 heavy (non-hydrogen) atoms. The van der Waals surface area contributed by atoms with Gasteiger partial charge < -0.3 is 5.73 Å². The molecule has 0 aliphatic rings. The molecule has 106 valence electrons. The summed E-state index contributed by atoms with van der Waals surface area (Å²) in [6.45, 7) is 8.55. The van der Waals surface area contributed by atoms with Crippen LogP contribution in [0.25, 0.3) is 0 Å². The molecule has 0 saturated heterocycles. The lowest BCUT2D eigenvalue weighted by Gasteiger charge is -2.15. The molecule has 0 amide bonds. The van der Waals surface area contributed by atoms with Crippen molar-refractivity contribution in [3.63, 3.8) is 0 Å². The van der Waals surface area contributed by atoms with Crippen LogP contribution in [-0.4, -0.2) is 4.98 Å². The maximum atomic E-state index is 6.31. The zero-order valence-corrected chi connectivity index (χ0v) is 12.9. The molecule has 0 fully saturated rings. The number of hydrogen-bond acceptors (Lipinski definition) is 2. The number of pyridine rings is 1. The van der Waals surface area contributed by atoms with E-state index in [1.54, 1.807) is 0 Å². The molecule has 1 aromatic heterocycles. The summed E-state index contributed by atoms with van der Waals surface area (Å²) < 4.78 is 0. The topological polar surface area (TPSA) is 38.9 Å². The van der Waals surface area contributed by atoms with E-state index in [2.05, 4.69) is 63.0 Å². The van der Waals surface area contributed by atoms with Gasteiger partial charge in [-0.25, -0.2) is 0 Å². The summed E-state index contributed by atoms with van der Waals surface area (Å²) in [7, 11) is 0. The molecule has 1 atom stereocenters. The summed E-state index contributed by atoms with van der Waals surface area (Å²) in [5, 5.41) is 0. The van der Waals surface area contributed by atoms with Crippen molar-refractivity contribution in [2.75, 3.05) is 0 Å². The average molecular weight is 268 g/mol. The zero-order valence-electron chi connectivity index (χ0n) is 12.9. The third kappa shape index (κ3) is 3.45. The molecule has 0 radical (unpaired) electrons. The van der Waals surface area contributed by atoms with Crippen LogP contribution in [0.5, 0.6) is 0 Å². The molecule has 0 bridgehead atoms. The molecule has 2 nitrogen and oxygen atoms in total. The molecule has 1 unspecified atom stereocenters. The Morgan fingerprint density at radius 2 is 1.75 bits per heavy atom. The molecule has 2 N–H and O–H groups in total. The first-order valence-corrected chi connectivity index (χ1v) is 7.25. The molecule has 0 aliphatic carbocycles. The minimum Gasteiger partial charge on any atom is -0.322 e. The number of benzene rings is 1. The second-order valence-electron chi connectivity index (χ2n) is 5.92. The van der Waals surface area contributed by atoms with E-state index in [1.807, 2.05) is 6.20 Å². The summed E-state index contributed by atoms with van der Waals surface area (Å²) in [4.78, 5) is 4.49. The van der Waals surface area contributed by atoms with Gasteiger partial charge in [0, 0.05) is 6.20 Å². The second-order valence-corrected chi connectivity index (χ2v) is 5.92. The predicted molar refractivity (Wildman–Crippen MR) is 84.9 cm³/mol. The minimum absolute atomic E-state index is 0.0412. The highest BCUT2D eigenvalue weighted by Gasteiger charge is 2.11. The lowest BCUT2D eigenvalue weighted by atomic mass is 9.97. The Hall–Kier alpha value is -1.67. The van der Waals surface area contributed by atoms with E-state index < -0.39 is 0 Å². The van der Waals surface area contributed by atoms with Gasteiger partial charge in [-0.3, -0.25) is 4.98 Å². The summed E-state index contributed by atoms with van der Waals surface area (Å²) >= 11 is 0. The van der Waals surface area contributed by atoms with Crippen molar-refractivity contribution in [1.29, 1.82) is 0 Å². The highest BCUT2D eigenvalue weighted by molar-refractivity contribution is 5.29. The third-order valence-electron chi connectivity index (χ3n) is 3.71. The van der Waals surface area contributed by atoms with Crippen molar-refractivity contribution in [1.82, 2.24) is 4.98 Å². The summed E-state index contributed by atoms with van der Waals surface area (Å²) in [6, 6.07) is 10.9. The standard InChI is InChI=1S/C18H24N2/c1-12(2)16-7-5-15(6-8-16)10-17(19)18-14(4)9-13(3)11-20-18/h5-9,11-12,17H,10,19H2,1-4H3. The van der Waals surface area contributed by atoms with E-state index in [4.69, 9.17) is 5.73 Å². The number of hydrogen-bond donors (Lipinski definition) is 1. The first-order chi connectivity index (χ1) is 9.47. The fourth-order valence-corrected chi connectivity index (χ4v) is 2.50. The lowest BCUT2D eigenvalue weighted by molar-refractivity contribution is 0.689. The highest BCUT2D eigenvalue weighted by Crippen LogP contribution is 2.20. The average Bonchev–Trinajstić information content (AvgIpc) is 2.39. The molecule has 0 saturated carbocycles. The van der Waals surface area contributed by atoms with Gasteiger partial charge in [0.15, 0.2) is 0 Å². The highest BCUT2D eigenvalue weighted by atomic mass is 14.8. The van der Waals surface area contributed by atoms with Crippen molar-refractivity contribution in [2.24, 2.45) is 5.73 Å². The van der Waals surface area contributed by atoms with E-state index >= 15 is 0 Å². The summed E-state index contributed by atoms with van der Waals surface area (Å²) in [5.41, 5.74) is 12.3. The van der Waals surface area contributed by atoms with Crippen LogP contribution in [-0.2, 0) is 6.42 Å². The van der Waals surface area contributed by atoms with Crippen LogP contribution in [0, 0.1) is 13.8 Å². The maximum absolute atomic E-state index is 6.31. The number of aromatic nitrogens is 1. The predicted octanol–water partition coefficient (Wildman–Crippen LogP) is 4.06. The number of nitrogens with two attached hydrogens (primary N) is 1. The van der Waals surface area contributed by atoms with Crippen LogP contribution in [0.15, 0.2) is 36.5 Å². The fourth-order valence-electron chi connectivity index (χ4n) is 2.50. The molecule has 0 spiro atoms. The van der Waals surface area contributed by atoms with Gasteiger partial charge >= 0.3 is 0 Å². The van der Waals surface area contributed by atoms with E-state index in [0.29, 0.717) is 5.92 Å². The lowest BCUT2D eigenvalue weighted by Crippen LogP contribution is -2.16. The fraction of sp³-hybridized carbons (Fsp3) is 0.389. The Labute approximate surface area is 122 Å². The number of nitrogens with zero attached hydrogens (tertiary/aromatic N) is 1. The Morgan fingerprint density at radius 1 is 1.10 bits per heavy atom. The normalized spacial score (nSPS) is 12.7. The van der Waals surface area contributed by atoms with Gasteiger partial charge in [-0.05, 0) is 48.4 Å². The Morgan fingerprint density at radius 3 is 2.30 bits per heavy atom. The molecule has 1 aromatic carbocycles. The molecular weight excluding hydrogens is 244 g/mol. The third-order valence-corrected chi connectivity index (χ3v) is 3.71. The van der Waals surface area contributed by atoms with Crippen LogP contribution in [0.2, 0.25) is 0 Å². The first kappa shape index (κ1) is 14.7. The minimum atomic E-state index is -0.0412. The Bertz CT molecular complexity index is 570. The molecule has 2 aromatic rings. The monoisotopic (exact) mass is 268 g/mol. The zero-order chi connectivity index (χ0) is 14.7. The van der Waals surface area contributed by atoms with Gasteiger partial charge in [0.1, 0.15) is 0 Å². The van der Waals surface area contributed by atoms with Gasteiger partial charge in [-0.1, -0.05) is 44.2 Å². The SMILES string of the molecule is Cc1cnc(C(N)Cc2ccc(C(C)C)cc2)c(C)c1. The van der Waals surface area contributed by atoms with Gasteiger partial charge in [0.25, 0.3) is 0 Å². The van der Waals surface area contributed by atoms with Crippen LogP contribution < -0.4 is 5.73 Å². The van der Waals surface area contributed by atoms with Crippen LogP contribution in [0.3, 0.4) is 0 Å². The smallest absolute Gasteiger partial charge is 0.0603 e. The van der Waals surface area contributed by atoms with Crippen LogP contribution in [0.1, 0.15) is 53.8 Å². The molecule has 2 heteroatoms. The van der Waals surface area contributed by atoms with Crippen molar-refractivity contribution < 1.29 is 0 Å². The second kappa shape index (κ2) is 6.19.